The Morgan fingerprint density at radius 1 is 1.32 bits per heavy atom. The molecule has 2 nitrogen and oxygen atoms in total. The average Bonchev–Trinajstić information content (AvgIpc) is 2.46. The summed E-state index contributed by atoms with van der Waals surface area (Å²) in [5, 5.41) is 0. The Morgan fingerprint density at radius 2 is 1.89 bits per heavy atom. The number of halogens is 1. The molecule has 0 aliphatic carbocycles. The molecule has 0 N–H and O–H groups in total. The lowest BCUT2D eigenvalue weighted by Crippen LogP contribution is -2.39. The van der Waals surface area contributed by atoms with E-state index in [1.165, 1.54) is 4.90 Å². The third-order valence-corrected chi connectivity index (χ3v) is 5.30. The number of hydrogen-bond donors (Lipinski definition) is 0. The number of amides is 1. The molecule has 0 aromatic heterocycles. The van der Waals surface area contributed by atoms with E-state index in [4.69, 9.17) is 0 Å². The Morgan fingerprint density at radius 3 is 2.37 bits per heavy atom. The monoisotopic (exact) mass is 341 g/mol. The van der Waals surface area contributed by atoms with E-state index in [0.29, 0.717) is 10.7 Å². The summed E-state index contributed by atoms with van der Waals surface area (Å²) < 4.78 is 0. The van der Waals surface area contributed by atoms with Gasteiger partial charge < -0.3 is 4.90 Å². The number of alkyl halides is 1. The standard InChI is InChI=1S/C15H20BrNOS/c1-11(16)12-7-9-17(10-8-12)15(18)13-3-5-14(19-2)6-4-13/h3-6,11-12H,7-10H2,1-2H3. The van der Waals surface area contributed by atoms with Gasteiger partial charge in [-0.15, -0.1) is 11.8 Å². The van der Waals surface area contributed by atoms with E-state index in [1.54, 1.807) is 11.8 Å². The molecule has 1 atom stereocenters. The van der Waals surface area contributed by atoms with Gasteiger partial charge in [-0.25, -0.2) is 0 Å². The van der Waals surface area contributed by atoms with Crippen LogP contribution in [0.15, 0.2) is 29.2 Å². The summed E-state index contributed by atoms with van der Waals surface area (Å²) >= 11 is 5.35. The van der Waals surface area contributed by atoms with Gasteiger partial charge in [-0.2, -0.15) is 0 Å². The lowest BCUT2D eigenvalue weighted by atomic mass is 9.94. The summed E-state index contributed by atoms with van der Waals surface area (Å²) in [6, 6.07) is 7.91. The molecule has 19 heavy (non-hydrogen) atoms. The van der Waals surface area contributed by atoms with Gasteiger partial charge in [0.15, 0.2) is 0 Å². The molecule has 104 valence electrons. The Balaban J connectivity index is 1.97. The third kappa shape index (κ3) is 3.76. The van der Waals surface area contributed by atoms with Crippen molar-refractivity contribution >= 4 is 33.6 Å². The zero-order valence-electron chi connectivity index (χ0n) is 11.4. The molecule has 1 unspecified atom stereocenters. The van der Waals surface area contributed by atoms with Crippen LogP contribution >= 0.6 is 27.7 Å². The molecule has 1 fully saturated rings. The molecule has 1 heterocycles. The molecule has 1 saturated heterocycles. The maximum atomic E-state index is 12.4. The smallest absolute Gasteiger partial charge is 0.253 e. The van der Waals surface area contributed by atoms with Crippen LogP contribution in [0.5, 0.6) is 0 Å². The zero-order chi connectivity index (χ0) is 13.8. The van der Waals surface area contributed by atoms with Gasteiger partial charge in [-0.05, 0) is 49.3 Å². The van der Waals surface area contributed by atoms with Crippen molar-refractivity contribution in [1.82, 2.24) is 4.90 Å². The fourth-order valence-electron chi connectivity index (χ4n) is 2.48. The van der Waals surface area contributed by atoms with Crippen LogP contribution in [0.25, 0.3) is 0 Å². The Hall–Kier alpha value is -0.480. The second kappa shape index (κ2) is 6.80. The van der Waals surface area contributed by atoms with E-state index in [9.17, 15) is 4.79 Å². The van der Waals surface area contributed by atoms with Gasteiger partial charge in [0, 0.05) is 28.4 Å². The number of likely N-dealkylation sites (tertiary alicyclic amines) is 1. The first-order valence-corrected chi connectivity index (χ1v) is 8.83. The number of hydrogen-bond acceptors (Lipinski definition) is 2. The van der Waals surface area contributed by atoms with Crippen LogP contribution in [0.1, 0.15) is 30.1 Å². The molecule has 2 rings (SSSR count). The van der Waals surface area contributed by atoms with Crippen LogP contribution in [0.2, 0.25) is 0 Å². The minimum Gasteiger partial charge on any atom is -0.339 e. The van der Waals surface area contributed by atoms with E-state index in [1.807, 2.05) is 35.4 Å². The van der Waals surface area contributed by atoms with Crippen molar-refractivity contribution in [3.8, 4) is 0 Å². The van der Waals surface area contributed by atoms with E-state index in [-0.39, 0.29) is 5.91 Å². The van der Waals surface area contributed by atoms with E-state index < -0.39 is 0 Å². The number of benzene rings is 1. The van der Waals surface area contributed by atoms with Gasteiger partial charge in [0.1, 0.15) is 0 Å². The molecule has 0 radical (unpaired) electrons. The fourth-order valence-corrected chi connectivity index (χ4v) is 3.41. The highest BCUT2D eigenvalue weighted by Gasteiger charge is 2.25. The van der Waals surface area contributed by atoms with Crippen molar-refractivity contribution < 1.29 is 4.79 Å². The Kier molecular flexibility index (Phi) is 5.34. The predicted molar refractivity (Wildman–Crippen MR) is 85.2 cm³/mol. The van der Waals surface area contributed by atoms with Crippen molar-refractivity contribution in [1.29, 1.82) is 0 Å². The highest BCUT2D eigenvalue weighted by Crippen LogP contribution is 2.26. The van der Waals surface area contributed by atoms with E-state index in [2.05, 4.69) is 22.9 Å². The maximum absolute atomic E-state index is 12.4. The van der Waals surface area contributed by atoms with Crippen molar-refractivity contribution in [2.24, 2.45) is 5.92 Å². The summed E-state index contributed by atoms with van der Waals surface area (Å²) in [6.45, 7) is 3.96. The maximum Gasteiger partial charge on any atom is 0.253 e. The van der Waals surface area contributed by atoms with Gasteiger partial charge >= 0.3 is 0 Å². The quantitative estimate of drug-likeness (QED) is 0.610. The SMILES string of the molecule is CSc1ccc(C(=O)N2CCC(C(C)Br)CC2)cc1. The van der Waals surface area contributed by atoms with Crippen molar-refractivity contribution in [2.45, 2.75) is 29.5 Å². The van der Waals surface area contributed by atoms with Crippen LogP contribution in [0.4, 0.5) is 0 Å². The summed E-state index contributed by atoms with van der Waals surface area (Å²) in [4.78, 5) is 16.1. The number of piperidine rings is 1. The second-order valence-electron chi connectivity index (χ2n) is 5.04. The zero-order valence-corrected chi connectivity index (χ0v) is 13.8. The van der Waals surface area contributed by atoms with Gasteiger partial charge in [-0.1, -0.05) is 22.9 Å². The molecule has 1 aliphatic heterocycles. The average molecular weight is 342 g/mol. The minimum absolute atomic E-state index is 0.174. The molecule has 0 bridgehead atoms. The van der Waals surface area contributed by atoms with Gasteiger partial charge in [0.2, 0.25) is 0 Å². The highest BCUT2D eigenvalue weighted by molar-refractivity contribution is 9.09. The minimum atomic E-state index is 0.174. The van der Waals surface area contributed by atoms with Crippen molar-refractivity contribution in [3.05, 3.63) is 29.8 Å². The normalized spacial score (nSPS) is 18.4. The number of carbonyl (C=O) groups excluding carboxylic acids is 1. The molecule has 1 aliphatic rings. The molecule has 1 aromatic carbocycles. The first-order valence-electron chi connectivity index (χ1n) is 6.69. The molecule has 1 aromatic rings. The van der Waals surface area contributed by atoms with Crippen molar-refractivity contribution in [2.75, 3.05) is 19.3 Å². The molecule has 4 heteroatoms. The number of rotatable bonds is 3. The van der Waals surface area contributed by atoms with Crippen LogP contribution < -0.4 is 0 Å². The Labute approximate surface area is 128 Å². The lowest BCUT2D eigenvalue weighted by molar-refractivity contribution is 0.0691. The third-order valence-electron chi connectivity index (χ3n) is 3.81. The largest absolute Gasteiger partial charge is 0.339 e. The number of carbonyl (C=O) groups is 1. The summed E-state index contributed by atoms with van der Waals surface area (Å²) in [7, 11) is 0. The first-order chi connectivity index (χ1) is 9.11. The van der Waals surface area contributed by atoms with Crippen molar-refractivity contribution in [3.63, 3.8) is 0 Å². The van der Waals surface area contributed by atoms with Gasteiger partial charge in [-0.3, -0.25) is 4.79 Å². The highest BCUT2D eigenvalue weighted by atomic mass is 79.9. The summed E-state index contributed by atoms with van der Waals surface area (Å²) in [5.41, 5.74) is 0.808. The molecule has 0 saturated carbocycles. The predicted octanol–water partition coefficient (Wildman–Crippen LogP) is 4.04. The van der Waals surface area contributed by atoms with Crippen LogP contribution in [0, 0.1) is 5.92 Å². The topological polar surface area (TPSA) is 20.3 Å². The van der Waals surface area contributed by atoms with Crippen LogP contribution in [-0.4, -0.2) is 35.0 Å². The summed E-state index contributed by atoms with van der Waals surface area (Å²) in [6.07, 6.45) is 4.24. The van der Waals surface area contributed by atoms with E-state index >= 15 is 0 Å². The molecule has 0 spiro atoms. The van der Waals surface area contributed by atoms with E-state index in [0.717, 1.165) is 31.5 Å². The van der Waals surface area contributed by atoms with Crippen LogP contribution in [0.3, 0.4) is 0 Å². The fraction of sp³-hybridized carbons (Fsp3) is 0.533. The summed E-state index contributed by atoms with van der Waals surface area (Å²) in [5.74, 6) is 0.872. The lowest BCUT2D eigenvalue weighted by Gasteiger charge is -2.33. The second-order valence-corrected chi connectivity index (χ2v) is 7.36. The van der Waals surface area contributed by atoms with Gasteiger partial charge in [0.05, 0.1) is 0 Å². The van der Waals surface area contributed by atoms with Gasteiger partial charge in [0.25, 0.3) is 5.91 Å². The molecular formula is C15H20BrNOS. The molecular weight excluding hydrogens is 322 g/mol. The Bertz CT molecular complexity index is 424. The molecule has 1 amide bonds. The number of thioether (sulfide) groups is 1. The van der Waals surface area contributed by atoms with Crippen LogP contribution in [-0.2, 0) is 0 Å². The first kappa shape index (κ1) is 14.9. The number of nitrogens with zero attached hydrogens (tertiary/aromatic N) is 1.